The van der Waals surface area contributed by atoms with Crippen LogP contribution in [0.1, 0.15) is 15.9 Å². The maximum atomic E-state index is 12.9. The molecule has 0 aliphatic rings. The van der Waals surface area contributed by atoms with Crippen molar-refractivity contribution in [3.8, 4) is 11.3 Å². The molecule has 4 rings (SSSR count). The van der Waals surface area contributed by atoms with E-state index in [1.807, 2.05) is 13.0 Å². The van der Waals surface area contributed by atoms with Gasteiger partial charge in [-0.2, -0.15) is 10.2 Å². The van der Waals surface area contributed by atoms with Crippen molar-refractivity contribution in [2.24, 2.45) is 0 Å². The highest BCUT2D eigenvalue weighted by Crippen LogP contribution is 2.31. The number of nitrogens with two attached hydrogens (primary N) is 1. The first kappa shape index (κ1) is 18.9. The molecule has 1 aromatic carbocycles. The summed E-state index contributed by atoms with van der Waals surface area (Å²) in [5.41, 5.74) is 9.14. The first-order chi connectivity index (χ1) is 14.0. The molecule has 0 unspecified atom stereocenters. The van der Waals surface area contributed by atoms with Gasteiger partial charge in [-0.25, -0.2) is 9.50 Å². The lowest BCUT2D eigenvalue weighted by atomic mass is 10.1. The van der Waals surface area contributed by atoms with E-state index in [0.717, 1.165) is 11.1 Å². The standard InChI is InChI=1S/C19H18ClN7O2/c1-11-2-3-12(20)8-13(11)17-15(10-26(25-17)6-7-28)23-19(29)14-9-22-27-5-4-16(21)24-18(14)27/h2-5,8-10,28H,6-7H2,1H3,(H2,21,24)(H,23,29). The van der Waals surface area contributed by atoms with Crippen molar-refractivity contribution in [1.29, 1.82) is 0 Å². The summed E-state index contributed by atoms with van der Waals surface area (Å²) in [5.74, 6) is -0.111. The Morgan fingerprint density at radius 2 is 2.17 bits per heavy atom. The van der Waals surface area contributed by atoms with Gasteiger partial charge in [-0.1, -0.05) is 17.7 Å². The number of carbonyl (C=O) groups excluding carboxylic acids is 1. The van der Waals surface area contributed by atoms with E-state index in [0.29, 0.717) is 22.1 Å². The van der Waals surface area contributed by atoms with Crippen molar-refractivity contribution in [3.05, 3.63) is 59.0 Å². The quantitative estimate of drug-likeness (QED) is 0.463. The number of aliphatic hydroxyl groups is 1. The fraction of sp³-hybridized carbons (Fsp3) is 0.158. The molecule has 0 spiro atoms. The third kappa shape index (κ3) is 3.65. The molecule has 0 radical (unpaired) electrons. The van der Waals surface area contributed by atoms with Crippen molar-refractivity contribution in [3.63, 3.8) is 0 Å². The Labute approximate surface area is 170 Å². The van der Waals surface area contributed by atoms with Gasteiger partial charge < -0.3 is 16.2 Å². The fourth-order valence-corrected chi connectivity index (χ4v) is 3.18. The van der Waals surface area contributed by atoms with Gasteiger partial charge in [0.2, 0.25) is 0 Å². The molecule has 3 aromatic heterocycles. The van der Waals surface area contributed by atoms with Gasteiger partial charge >= 0.3 is 0 Å². The molecule has 10 heteroatoms. The van der Waals surface area contributed by atoms with Gasteiger partial charge in [0, 0.05) is 23.0 Å². The number of fused-ring (bicyclic) bond motifs is 1. The smallest absolute Gasteiger partial charge is 0.261 e. The molecule has 148 valence electrons. The lowest BCUT2D eigenvalue weighted by Crippen LogP contribution is -2.12. The summed E-state index contributed by atoms with van der Waals surface area (Å²) in [4.78, 5) is 17.1. The Balaban J connectivity index is 1.75. The lowest BCUT2D eigenvalue weighted by Gasteiger charge is -2.07. The van der Waals surface area contributed by atoms with Crippen molar-refractivity contribution < 1.29 is 9.90 Å². The van der Waals surface area contributed by atoms with E-state index in [-0.39, 0.29) is 24.5 Å². The van der Waals surface area contributed by atoms with Gasteiger partial charge in [0.15, 0.2) is 5.65 Å². The number of nitrogens with one attached hydrogen (secondary N) is 1. The number of hydrogen-bond donors (Lipinski definition) is 3. The monoisotopic (exact) mass is 411 g/mol. The topological polar surface area (TPSA) is 123 Å². The predicted octanol–water partition coefficient (Wildman–Crippen LogP) is 2.38. The number of aryl methyl sites for hydroxylation is 1. The molecule has 3 heterocycles. The van der Waals surface area contributed by atoms with Gasteiger partial charge in [0.05, 0.1) is 25.0 Å². The zero-order valence-corrected chi connectivity index (χ0v) is 16.3. The number of rotatable bonds is 5. The number of aromatic nitrogens is 5. The number of amides is 1. The number of hydrogen-bond acceptors (Lipinski definition) is 6. The molecule has 0 saturated carbocycles. The predicted molar refractivity (Wildman–Crippen MR) is 110 cm³/mol. The SMILES string of the molecule is Cc1ccc(Cl)cc1-c1nn(CCO)cc1NC(=O)c1cnn2ccc(N)nc12. The van der Waals surface area contributed by atoms with Crippen molar-refractivity contribution in [2.75, 3.05) is 17.7 Å². The summed E-state index contributed by atoms with van der Waals surface area (Å²) in [7, 11) is 0. The number of nitrogens with zero attached hydrogens (tertiary/aromatic N) is 5. The van der Waals surface area contributed by atoms with Crippen LogP contribution in [0.5, 0.6) is 0 Å². The summed E-state index contributed by atoms with van der Waals surface area (Å²) in [5, 5.41) is 21.3. The van der Waals surface area contributed by atoms with Crippen LogP contribution in [0.4, 0.5) is 11.5 Å². The molecule has 0 aliphatic carbocycles. The third-order valence-electron chi connectivity index (χ3n) is 4.43. The van der Waals surface area contributed by atoms with Crippen molar-refractivity contribution in [1.82, 2.24) is 24.4 Å². The minimum absolute atomic E-state index is 0.0831. The second-order valence-corrected chi connectivity index (χ2v) is 6.91. The number of anilines is 2. The Morgan fingerprint density at radius 1 is 1.34 bits per heavy atom. The van der Waals surface area contributed by atoms with Crippen molar-refractivity contribution >= 4 is 34.7 Å². The van der Waals surface area contributed by atoms with E-state index in [1.54, 1.807) is 35.3 Å². The fourth-order valence-electron chi connectivity index (χ4n) is 3.01. The minimum Gasteiger partial charge on any atom is -0.394 e. The Kier molecular flexibility index (Phi) is 4.91. The molecule has 0 bridgehead atoms. The van der Waals surface area contributed by atoms with Crippen LogP contribution in [0.2, 0.25) is 5.02 Å². The van der Waals surface area contributed by atoms with Crippen molar-refractivity contribution in [2.45, 2.75) is 13.5 Å². The van der Waals surface area contributed by atoms with Crippen LogP contribution in [-0.4, -0.2) is 42.0 Å². The Morgan fingerprint density at radius 3 is 2.97 bits per heavy atom. The van der Waals surface area contributed by atoms with Gasteiger partial charge in [0.25, 0.3) is 5.91 Å². The van der Waals surface area contributed by atoms with Crippen LogP contribution in [-0.2, 0) is 6.54 Å². The zero-order chi connectivity index (χ0) is 20.5. The van der Waals surface area contributed by atoms with Gasteiger partial charge in [-0.05, 0) is 30.7 Å². The summed E-state index contributed by atoms with van der Waals surface area (Å²) in [6, 6.07) is 7.06. The zero-order valence-electron chi connectivity index (χ0n) is 15.5. The molecular formula is C19H18ClN7O2. The minimum atomic E-state index is -0.400. The van der Waals surface area contributed by atoms with Gasteiger partial charge in [-0.15, -0.1) is 0 Å². The van der Waals surface area contributed by atoms with Crippen LogP contribution >= 0.6 is 11.6 Å². The first-order valence-corrected chi connectivity index (χ1v) is 9.20. The average Bonchev–Trinajstić information content (AvgIpc) is 3.27. The molecule has 9 nitrogen and oxygen atoms in total. The third-order valence-corrected chi connectivity index (χ3v) is 4.66. The maximum Gasteiger partial charge on any atom is 0.261 e. The molecule has 29 heavy (non-hydrogen) atoms. The molecule has 1 amide bonds. The van der Waals surface area contributed by atoms with E-state index < -0.39 is 5.91 Å². The maximum absolute atomic E-state index is 12.9. The molecule has 0 fully saturated rings. The van der Waals surface area contributed by atoms with Crippen LogP contribution in [0.15, 0.2) is 42.9 Å². The molecule has 4 N–H and O–H groups in total. The van der Waals surface area contributed by atoms with Crippen LogP contribution < -0.4 is 11.1 Å². The Bertz CT molecular complexity index is 1210. The first-order valence-electron chi connectivity index (χ1n) is 8.82. The molecule has 0 saturated heterocycles. The number of halogens is 1. The highest BCUT2D eigenvalue weighted by Gasteiger charge is 2.19. The van der Waals surface area contributed by atoms with E-state index in [4.69, 9.17) is 17.3 Å². The van der Waals surface area contributed by atoms with E-state index in [1.165, 1.54) is 10.7 Å². The van der Waals surface area contributed by atoms with Crippen LogP contribution in [0, 0.1) is 6.92 Å². The van der Waals surface area contributed by atoms with E-state index in [2.05, 4.69) is 20.5 Å². The summed E-state index contributed by atoms with van der Waals surface area (Å²) >= 11 is 6.16. The van der Waals surface area contributed by atoms with E-state index >= 15 is 0 Å². The lowest BCUT2D eigenvalue weighted by molar-refractivity contribution is 0.102. The molecule has 0 aliphatic heterocycles. The van der Waals surface area contributed by atoms with Crippen LogP contribution in [0.3, 0.4) is 0 Å². The number of benzene rings is 1. The Hall–Kier alpha value is -3.43. The highest BCUT2D eigenvalue weighted by atomic mass is 35.5. The number of nitrogen functional groups attached to an aromatic ring is 1. The van der Waals surface area contributed by atoms with E-state index in [9.17, 15) is 9.90 Å². The number of aliphatic hydroxyl groups excluding tert-OH is 1. The normalized spacial score (nSPS) is 11.1. The summed E-state index contributed by atoms with van der Waals surface area (Å²) in [6.45, 7) is 2.14. The van der Waals surface area contributed by atoms with Gasteiger partial charge in [-0.3, -0.25) is 9.48 Å². The highest BCUT2D eigenvalue weighted by molar-refractivity contribution is 6.31. The second kappa shape index (κ2) is 7.53. The average molecular weight is 412 g/mol. The summed E-state index contributed by atoms with van der Waals surface area (Å²) < 4.78 is 3.04. The van der Waals surface area contributed by atoms with Gasteiger partial charge in [0.1, 0.15) is 17.1 Å². The molecule has 0 atom stereocenters. The second-order valence-electron chi connectivity index (χ2n) is 6.47. The molecular weight excluding hydrogens is 394 g/mol. The number of carbonyl (C=O) groups is 1. The largest absolute Gasteiger partial charge is 0.394 e. The van der Waals surface area contributed by atoms with Crippen LogP contribution in [0.25, 0.3) is 16.9 Å². The molecule has 4 aromatic rings. The summed E-state index contributed by atoms with van der Waals surface area (Å²) in [6.07, 6.45) is 4.73.